The monoisotopic (exact) mass is 279 g/mol. The Bertz CT molecular complexity index is 734. The van der Waals surface area contributed by atoms with Crippen LogP contribution >= 0.6 is 0 Å². The van der Waals surface area contributed by atoms with Gasteiger partial charge in [-0.1, -0.05) is 30.3 Å². The second-order valence-electron chi connectivity index (χ2n) is 5.09. The average Bonchev–Trinajstić information content (AvgIpc) is 3.03. The second kappa shape index (κ2) is 5.75. The van der Waals surface area contributed by atoms with Gasteiger partial charge in [0, 0.05) is 17.8 Å². The van der Waals surface area contributed by atoms with Gasteiger partial charge in [-0.15, -0.1) is 10.2 Å². The van der Waals surface area contributed by atoms with Crippen LogP contribution in [0.25, 0.3) is 11.4 Å². The van der Waals surface area contributed by atoms with Crippen molar-refractivity contribution in [3.05, 3.63) is 59.2 Å². The Morgan fingerprint density at radius 1 is 1.05 bits per heavy atom. The lowest BCUT2D eigenvalue weighted by Gasteiger charge is -2.09. The smallest absolute Gasteiger partial charge is 0.204 e. The first-order valence-electron chi connectivity index (χ1n) is 6.86. The number of aromatic amines is 1. The molecule has 5 heteroatoms. The van der Waals surface area contributed by atoms with E-state index in [1.54, 1.807) is 0 Å². The average molecular weight is 279 g/mol. The summed E-state index contributed by atoms with van der Waals surface area (Å²) < 4.78 is 0. The fourth-order valence-electron chi connectivity index (χ4n) is 2.17. The number of nitrogens with zero attached hydrogens (tertiary/aromatic N) is 3. The molecule has 106 valence electrons. The molecular formula is C16H17N5. The molecule has 0 bridgehead atoms. The quantitative estimate of drug-likeness (QED) is 0.770. The Morgan fingerprint density at radius 2 is 1.95 bits per heavy atom. The van der Waals surface area contributed by atoms with E-state index in [0.29, 0.717) is 5.82 Å². The summed E-state index contributed by atoms with van der Waals surface area (Å²) in [5, 5.41) is 17.5. The topological polar surface area (TPSA) is 66.5 Å². The minimum absolute atomic E-state index is 0.602. The van der Waals surface area contributed by atoms with Crippen molar-refractivity contribution in [1.82, 2.24) is 20.6 Å². The molecule has 0 spiro atoms. The molecule has 2 aromatic carbocycles. The lowest BCUT2D eigenvalue weighted by Crippen LogP contribution is -2.00. The molecule has 0 saturated heterocycles. The lowest BCUT2D eigenvalue weighted by molar-refractivity contribution is 0.881. The van der Waals surface area contributed by atoms with Gasteiger partial charge in [-0.3, -0.25) is 0 Å². The maximum Gasteiger partial charge on any atom is 0.204 e. The first kappa shape index (κ1) is 13.3. The summed E-state index contributed by atoms with van der Waals surface area (Å²) in [6.45, 7) is 5.05. The van der Waals surface area contributed by atoms with E-state index < -0.39 is 0 Å². The molecule has 0 unspecified atom stereocenters. The third kappa shape index (κ3) is 3.08. The van der Waals surface area contributed by atoms with Crippen LogP contribution in [0.1, 0.15) is 16.7 Å². The van der Waals surface area contributed by atoms with Crippen LogP contribution in [0.5, 0.6) is 0 Å². The first-order chi connectivity index (χ1) is 10.2. The highest BCUT2D eigenvalue weighted by Gasteiger charge is 2.03. The van der Waals surface area contributed by atoms with E-state index in [9.17, 15) is 0 Å². The van der Waals surface area contributed by atoms with Gasteiger partial charge < -0.3 is 5.32 Å². The Balaban J connectivity index is 1.73. The molecule has 0 radical (unpaired) electrons. The summed E-state index contributed by atoms with van der Waals surface area (Å²) in [7, 11) is 0. The van der Waals surface area contributed by atoms with Crippen LogP contribution in [0, 0.1) is 13.8 Å². The molecule has 0 aliphatic carbocycles. The summed E-state index contributed by atoms with van der Waals surface area (Å²) in [6.07, 6.45) is 0. The molecule has 0 aliphatic heterocycles. The van der Waals surface area contributed by atoms with E-state index >= 15 is 0 Å². The summed E-state index contributed by atoms with van der Waals surface area (Å²) in [6, 6.07) is 14.5. The van der Waals surface area contributed by atoms with Crippen molar-refractivity contribution < 1.29 is 0 Å². The van der Waals surface area contributed by atoms with Crippen LogP contribution in [0.15, 0.2) is 42.5 Å². The van der Waals surface area contributed by atoms with Gasteiger partial charge in [-0.2, -0.15) is 5.21 Å². The molecular weight excluding hydrogens is 262 g/mol. The van der Waals surface area contributed by atoms with E-state index in [-0.39, 0.29) is 0 Å². The van der Waals surface area contributed by atoms with Crippen molar-refractivity contribution in [2.75, 3.05) is 5.32 Å². The zero-order valence-electron chi connectivity index (χ0n) is 12.1. The fourth-order valence-corrected chi connectivity index (χ4v) is 2.17. The normalized spacial score (nSPS) is 10.6. The van der Waals surface area contributed by atoms with Gasteiger partial charge in [0.25, 0.3) is 0 Å². The van der Waals surface area contributed by atoms with Gasteiger partial charge in [0.05, 0.1) is 0 Å². The van der Waals surface area contributed by atoms with Gasteiger partial charge in [0.1, 0.15) is 0 Å². The Labute approximate surface area is 123 Å². The maximum absolute atomic E-state index is 3.99. The maximum atomic E-state index is 3.99. The molecule has 21 heavy (non-hydrogen) atoms. The number of rotatable bonds is 4. The van der Waals surface area contributed by atoms with Crippen LogP contribution in [0.3, 0.4) is 0 Å². The molecule has 5 nitrogen and oxygen atoms in total. The third-order valence-corrected chi connectivity index (χ3v) is 3.53. The van der Waals surface area contributed by atoms with E-state index in [1.807, 2.05) is 24.3 Å². The van der Waals surface area contributed by atoms with Crippen molar-refractivity contribution in [3.8, 4) is 11.4 Å². The highest BCUT2D eigenvalue weighted by atomic mass is 15.5. The van der Waals surface area contributed by atoms with Crippen molar-refractivity contribution in [2.24, 2.45) is 0 Å². The van der Waals surface area contributed by atoms with Crippen molar-refractivity contribution in [2.45, 2.75) is 20.4 Å². The number of hydrogen-bond donors (Lipinski definition) is 2. The predicted octanol–water partition coefficient (Wildman–Crippen LogP) is 3.10. The van der Waals surface area contributed by atoms with Gasteiger partial charge in [0.15, 0.2) is 0 Å². The molecule has 0 fully saturated rings. The van der Waals surface area contributed by atoms with E-state index in [1.165, 1.54) is 16.7 Å². The van der Waals surface area contributed by atoms with Crippen LogP contribution in [-0.4, -0.2) is 20.6 Å². The highest BCUT2D eigenvalue weighted by molar-refractivity contribution is 5.61. The van der Waals surface area contributed by atoms with E-state index in [0.717, 1.165) is 17.8 Å². The minimum Gasteiger partial charge on any atom is -0.381 e. The van der Waals surface area contributed by atoms with Crippen LogP contribution < -0.4 is 5.32 Å². The number of anilines is 1. The number of aryl methyl sites for hydroxylation is 2. The SMILES string of the molecule is Cc1ccc(CNc2cccc(-c3nn[nH]n3)c2)cc1C. The molecule has 0 amide bonds. The fraction of sp³-hybridized carbons (Fsp3) is 0.188. The number of aromatic nitrogens is 4. The van der Waals surface area contributed by atoms with Crippen LogP contribution in [0.4, 0.5) is 5.69 Å². The number of nitrogens with one attached hydrogen (secondary N) is 2. The summed E-state index contributed by atoms with van der Waals surface area (Å²) in [4.78, 5) is 0. The molecule has 2 N–H and O–H groups in total. The molecule has 0 atom stereocenters. The van der Waals surface area contributed by atoms with E-state index in [2.05, 4.69) is 58.0 Å². The highest BCUT2D eigenvalue weighted by Crippen LogP contribution is 2.19. The minimum atomic E-state index is 0.602. The standard InChI is InChI=1S/C16H17N5/c1-11-6-7-13(8-12(11)2)10-17-15-5-3-4-14(9-15)16-18-20-21-19-16/h3-9,17H,10H2,1-2H3,(H,18,19,20,21). The molecule has 3 rings (SSSR count). The van der Waals surface area contributed by atoms with Crippen molar-refractivity contribution >= 4 is 5.69 Å². The van der Waals surface area contributed by atoms with Gasteiger partial charge in [-0.05, 0) is 47.9 Å². The summed E-state index contributed by atoms with van der Waals surface area (Å²) >= 11 is 0. The summed E-state index contributed by atoms with van der Waals surface area (Å²) in [5.74, 6) is 0.602. The van der Waals surface area contributed by atoms with E-state index in [4.69, 9.17) is 0 Å². The zero-order chi connectivity index (χ0) is 14.7. The lowest BCUT2D eigenvalue weighted by atomic mass is 10.1. The van der Waals surface area contributed by atoms with Crippen LogP contribution in [0.2, 0.25) is 0 Å². The first-order valence-corrected chi connectivity index (χ1v) is 6.86. The second-order valence-corrected chi connectivity index (χ2v) is 5.09. The zero-order valence-corrected chi connectivity index (χ0v) is 12.1. The van der Waals surface area contributed by atoms with Gasteiger partial charge in [-0.25, -0.2) is 0 Å². The molecule has 0 aliphatic rings. The van der Waals surface area contributed by atoms with Crippen LogP contribution in [-0.2, 0) is 6.54 Å². The van der Waals surface area contributed by atoms with Gasteiger partial charge >= 0.3 is 0 Å². The number of hydrogen-bond acceptors (Lipinski definition) is 4. The Hall–Kier alpha value is -2.69. The van der Waals surface area contributed by atoms with Crippen molar-refractivity contribution in [1.29, 1.82) is 0 Å². The molecule has 3 aromatic rings. The largest absolute Gasteiger partial charge is 0.381 e. The Morgan fingerprint density at radius 3 is 2.71 bits per heavy atom. The molecule has 1 heterocycles. The molecule has 0 saturated carbocycles. The number of tetrazole rings is 1. The number of benzene rings is 2. The Kier molecular flexibility index (Phi) is 3.64. The predicted molar refractivity (Wildman–Crippen MR) is 82.9 cm³/mol. The molecule has 1 aromatic heterocycles. The number of H-pyrrole nitrogens is 1. The van der Waals surface area contributed by atoms with Gasteiger partial charge in [0.2, 0.25) is 5.82 Å². The van der Waals surface area contributed by atoms with Crippen molar-refractivity contribution in [3.63, 3.8) is 0 Å². The third-order valence-electron chi connectivity index (χ3n) is 3.53. The summed E-state index contributed by atoms with van der Waals surface area (Å²) in [5.41, 5.74) is 5.88.